The number of carbonyl (C=O) groups is 1. The molecule has 2 heterocycles. The van der Waals surface area contributed by atoms with E-state index in [4.69, 9.17) is 5.73 Å². The average molecular weight is 390 g/mol. The first kappa shape index (κ1) is 18.8. The number of nitrogens with one attached hydrogen (secondary N) is 1. The number of rotatable bonds is 6. The molecule has 1 amide bonds. The van der Waals surface area contributed by atoms with E-state index in [1.54, 1.807) is 24.3 Å². The van der Waals surface area contributed by atoms with Crippen molar-refractivity contribution in [3.8, 4) is 6.07 Å². The Bertz CT molecular complexity index is 1120. The van der Waals surface area contributed by atoms with Crippen LogP contribution in [0.2, 0.25) is 0 Å². The van der Waals surface area contributed by atoms with E-state index in [9.17, 15) is 14.4 Å². The molecule has 0 aliphatic carbocycles. The summed E-state index contributed by atoms with van der Waals surface area (Å²) in [4.78, 5) is 22.6. The van der Waals surface area contributed by atoms with Crippen molar-refractivity contribution in [3.05, 3.63) is 65.2 Å². The van der Waals surface area contributed by atoms with Gasteiger partial charge >= 0.3 is 0 Å². The second kappa shape index (κ2) is 7.81. The molecule has 3 aromatic rings. The zero-order valence-corrected chi connectivity index (χ0v) is 15.6. The van der Waals surface area contributed by atoms with E-state index < -0.39 is 11.7 Å². The summed E-state index contributed by atoms with van der Waals surface area (Å²) in [5, 5.41) is 13.3. The number of nitrogens with two attached hydrogens (primary N) is 1. The zero-order valence-electron chi connectivity index (χ0n) is 15.6. The summed E-state index contributed by atoms with van der Waals surface area (Å²) in [6.07, 6.45) is 2.52. The lowest BCUT2D eigenvalue weighted by molar-refractivity contribution is 0.100. The maximum Gasteiger partial charge on any atom is 0.250 e. The summed E-state index contributed by atoms with van der Waals surface area (Å²) in [5.41, 5.74) is 7.04. The predicted molar refractivity (Wildman–Crippen MR) is 107 cm³/mol. The number of halogens is 1. The van der Waals surface area contributed by atoms with E-state index in [-0.39, 0.29) is 11.6 Å². The highest BCUT2D eigenvalue weighted by Crippen LogP contribution is 2.28. The quantitative estimate of drug-likeness (QED) is 0.670. The van der Waals surface area contributed by atoms with Gasteiger partial charge < -0.3 is 16.0 Å². The van der Waals surface area contributed by atoms with Gasteiger partial charge in [-0.15, -0.1) is 0 Å². The summed E-state index contributed by atoms with van der Waals surface area (Å²) in [6, 6.07) is 11.4. The third-order valence-corrected chi connectivity index (χ3v) is 5.14. The van der Waals surface area contributed by atoms with Gasteiger partial charge in [-0.25, -0.2) is 14.4 Å². The van der Waals surface area contributed by atoms with Crippen molar-refractivity contribution in [3.63, 3.8) is 0 Å². The Kier molecular flexibility index (Phi) is 5.06. The van der Waals surface area contributed by atoms with Crippen molar-refractivity contribution in [2.24, 2.45) is 5.73 Å². The molecule has 1 unspecified atom stereocenters. The lowest BCUT2D eigenvalue weighted by Gasteiger charge is -2.35. The van der Waals surface area contributed by atoms with Crippen LogP contribution in [-0.2, 0) is 0 Å². The normalized spacial score (nSPS) is 14.8. The first-order valence-corrected chi connectivity index (χ1v) is 9.29. The number of hydrogen-bond acceptors (Lipinski definition) is 6. The van der Waals surface area contributed by atoms with E-state index >= 15 is 0 Å². The molecule has 1 atom stereocenters. The standard InChI is InChI=1S/C21H19FN6O/c22-17-6-5-13(9-14(17)10-23)18(11-28-7-2-8-28)27-21-16-4-1-3-15(20(24)29)19(16)25-12-26-21/h1,3-6,9,12,18H,2,7-8,11H2,(H2,24,29)(H,25,26,27). The second-order valence-electron chi connectivity index (χ2n) is 6.99. The maximum atomic E-state index is 13.8. The number of benzene rings is 2. The molecule has 0 saturated carbocycles. The van der Waals surface area contributed by atoms with Gasteiger partial charge in [0.1, 0.15) is 24.0 Å². The van der Waals surface area contributed by atoms with Crippen molar-refractivity contribution >= 4 is 22.6 Å². The van der Waals surface area contributed by atoms with Gasteiger partial charge in [-0.2, -0.15) is 5.26 Å². The fourth-order valence-electron chi connectivity index (χ4n) is 3.47. The fourth-order valence-corrected chi connectivity index (χ4v) is 3.47. The van der Waals surface area contributed by atoms with Gasteiger partial charge in [0.25, 0.3) is 5.91 Å². The molecule has 29 heavy (non-hydrogen) atoms. The molecule has 7 nitrogen and oxygen atoms in total. The van der Waals surface area contributed by atoms with E-state index in [0.717, 1.165) is 25.1 Å². The number of nitrogens with zero attached hydrogens (tertiary/aromatic N) is 4. The smallest absolute Gasteiger partial charge is 0.250 e. The number of aromatic nitrogens is 2. The highest BCUT2D eigenvalue weighted by molar-refractivity contribution is 6.06. The zero-order chi connectivity index (χ0) is 20.4. The monoisotopic (exact) mass is 390 g/mol. The Morgan fingerprint density at radius 1 is 1.31 bits per heavy atom. The molecule has 1 saturated heterocycles. The molecule has 1 aliphatic rings. The second-order valence-corrected chi connectivity index (χ2v) is 6.99. The molecule has 1 fully saturated rings. The van der Waals surface area contributed by atoms with Gasteiger partial charge in [-0.1, -0.05) is 12.1 Å². The van der Waals surface area contributed by atoms with Gasteiger partial charge in [-0.05, 0) is 49.3 Å². The summed E-state index contributed by atoms with van der Waals surface area (Å²) < 4.78 is 13.8. The van der Waals surface area contributed by atoms with Crippen LogP contribution < -0.4 is 11.1 Å². The first-order chi connectivity index (χ1) is 14.1. The van der Waals surface area contributed by atoms with Gasteiger partial charge in [0.05, 0.1) is 22.7 Å². The molecule has 2 aromatic carbocycles. The number of primary amides is 1. The van der Waals surface area contributed by atoms with Crippen LogP contribution in [0.5, 0.6) is 0 Å². The highest BCUT2D eigenvalue weighted by Gasteiger charge is 2.23. The first-order valence-electron chi connectivity index (χ1n) is 9.29. The number of para-hydroxylation sites is 1. The molecule has 0 bridgehead atoms. The Balaban J connectivity index is 1.74. The molecule has 4 rings (SSSR count). The van der Waals surface area contributed by atoms with E-state index in [1.165, 1.54) is 12.4 Å². The van der Waals surface area contributed by atoms with Crippen LogP contribution in [0.25, 0.3) is 10.9 Å². The lowest BCUT2D eigenvalue weighted by Crippen LogP contribution is -2.41. The average Bonchev–Trinajstić information content (AvgIpc) is 2.69. The molecule has 0 radical (unpaired) electrons. The van der Waals surface area contributed by atoms with Gasteiger partial charge in [-0.3, -0.25) is 4.79 Å². The molecular formula is C21H19FN6O. The van der Waals surface area contributed by atoms with Gasteiger partial charge in [0, 0.05) is 11.9 Å². The Hall–Kier alpha value is -3.57. The highest BCUT2D eigenvalue weighted by atomic mass is 19.1. The third kappa shape index (κ3) is 3.73. The molecule has 0 spiro atoms. The molecule has 1 aromatic heterocycles. The van der Waals surface area contributed by atoms with Crippen LogP contribution in [0.15, 0.2) is 42.7 Å². The number of likely N-dealkylation sites (tertiary alicyclic amines) is 1. The third-order valence-electron chi connectivity index (χ3n) is 5.14. The molecule has 8 heteroatoms. The van der Waals surface area contributed by atoms with Gasteiger partial charge in [0.15, 0.2) is 0 Å². The number of amides is 1. The number of hydrogen-bond donors (Lipinski definition) is 2. The number of nitriles is 1. The summed E-state index contributed by atoms with van der Waals surface area (Å²) in [5.74, 6) is -0.557. The maximum absolute atomic E-state index is 13.8. The summed E-state index contributed by atoms with van der Waals surface area (Å²) in [6.45, 7) is 2.65. The SMILES string of the molecule is N#Cc1cc(C(CN2CCC2)Nc2ncnc3c(C(N)=O)cccc23)ccc1F. The number of fused-ring (bicyclic) bond motifs is 1. The minimum absolute atomic E-state index is 0.00136. The predicted octanol–water partition coefficient (Wildman–Crippen LogP) is 2.60. The molecule has 146 valence electrons. The summed E-state index contributed by atoms with van der Waals surface area (Å²) >= 11 is 0. The molecule has 3 N–H and O–H groups in total. The van der Waals surface area contributed by atoms with Crippen molar-refractivity contribution < 1.29 is 9.18 Å². The number of anilines is 1. The molecule has 1 aliphatic heterocycles. The van der Waals surface area contributed by atoms with Crippen LogP contribution in [0.3, 0.4) is 0 Å². The van der Waals surface area contributed by atoms with Crippen molar-refractivity contribution in [2.45, 2.75) is 12.5 Å². The van der Waals surface area contributed by atoms with Crippen LogP contribution in [0.4, 0.5) is 10.2 Å². The van der Waals surface area contributed by atoms with Crippen LogP contribution in [0, 0.1) is 17.1 Å². The van der Waals surface area contributed by atoms with E-state index in [0.29, 0.717) is 28.8 Å². The molecular weight excluding hydrogens is 371 g/mol. The Labute approximate surface area is 167 Å². The topological polar surface area (TPSA) is 108 Å². The van der Waals surface area contributed by atoms with Crippen LogP contribution in [-0.4, -0.2) is 40.4 Å². The number of carbonyl (C=O) groups excluding carboxylic acids is 1. The van der Waals surface area contributed by atoms with E-state index in [2.05, 4.69) is 20.2 Å². The van der Waals surface area contributed by atoms with Crippen molar-refractivity contribution in [1.82, 2.24) is 14.9 Å². The van der Waals surface area contributed by atoms with Gasteiger partial charge in [0.2, 0.25) is 0 Å². The Morgan fingerprint density at radius 3 is 2.83 bits per heavy atom. The lowest BCUT2D eigenvalue weighted by atomic mass is 10.0. The minimum Gasteiger partial charge on any atom is -0.366 e. The van der Waals surface area contributed by atoms with E-state index in [1.807, 2.05) is 12.1 Å². The van der Waals surface area contributed by atoms with Crippen LogP contribution in [0.1, 0.15) is 33.9 Å². The summed E-state index contributed by atoms with van der Waals surface area (Å²) in [7, 11) is 0. The van der Waals surface area contributed by atoms with Crippen molar-refractivity contribution in [2.75, 3.05) is 25.0 Å². The fraction of sp³-hybridized carbons (Fsp3) is 0.238. The minimum atomic E-state index is -0.561. The Morgan fingerprint density at radius 2 is 2.14 bits per heavy atom. The largest absolute Gasteiger partial charge is 0.366 e. The van der Waals surface area contributed by atoms with Crippen LogP contribution >= 0.6 is 0 Å². The van der Waals surface area contributed by atoms with Crippen molar-refractivity contribution in [1.29, 1.82) is 5.26 Å².